The first-order valence-electron chi connectivity index (χ1n) is 8.81. The molecule has 0 amide bonds. The van der Waals surface area contributed by atoms with Crippen LogP contribution in [-0.4, -0.2) is 0 Å². The largest absolute Gasteiger partial charge is 0.0628 e. The molecule has 0 N–H and O–H groups in total. The smallest absolute Gasteiger partial charge is 0.0360 e. The van der Waals surface area contributed by atoms with Gasteiger partial charge in [-0.15, -0.1) is 0 Å². The second-order valence-electron chi connectivity index (χ2n) is 8.41. The van der Waals surface area contributed by atoms with Gasteiger partial charge in [0.1, 0.15) is 0 Å². The molecule has 0 nitrogen and oxygen atoms in total. The van der Waals surface area contributed by atoms with Crippen molar-refractivity contribution in [1.29, 1.82) is 0 Å². The third-order valence-electron chi connectivity index (χ3n) is 5.35. The van der Waals surface area contributed by atoms with Crippen molar-refractivity contribution in [2.45, 2.75) is 80.6 Å². The van der Waals surface area contributed by atoms with Crippen LogP contribution in [0.4, 0.5) is 0 Å². The van der Waals surface area contributed by atoms with Crippen molar-refractivity contribution in [1.82, 2.24) is 0 Å². The van der Waals surface area contributed by atoms with Gasteiger partial charge < -0.3 is 0 Å². The fourth-order valence-corrected chi connectivity index (χ4v) is 3.96. The Morgan fingerprint density at radius 2 is 1.26 bits per heavy atom. The van der Waals surface area contributed by atoms with E-state index in [0.29, 0.717) is 0 Å². The summed E-state index contributed by atoms with van der Waals surface area (Å²) in [6, 6.07) is 0. The fourth-order valence-electron chi connectivity index (χ4n) is 3.96. The molecule has 4 atom stereocenters. The molecule has 0 spiro atoms. The summed E-state index contributed by atoms with van der Waals surface area (Å²) in [5.41, 5.74) is 0. The van der Waals surface area contributed by atoms with Crippen molar-refractivity contribution < 1.29 is 0 Å². The van der Waals surface area contributed by atoms with Gasteiger partial charge in [-0.05, 0) is 73.5 Å². The predicted molar refractivity (Wildman–Crippen MR) is 87.2 cm³/mol. The molecule has 0 aromatic carbocycles. The highest BCUT2D eigenvalue weighted by Gasteiger charge is 2.34. The van der Waals surface area contributed by atoms with Crippen LogP contribution in [0.25, 0.3) is 0 Å². The van der Waals surface area contributed by atoms with E-state index < -0.39 is 0 Å². The van der Waals surface area contributed by atoms with E-state index in [2.05, 4.69) is 48.5 Å². The van der Waals surface area contributed by atoms with E-state index in [0.717, 1.165) is 41.4 Å². The SMILES string of the molecule is CC(C)CC(C)CC(C)C(C)CC(C(C)C)C1CC1. The Bertz CT molecular complexity index is 234. The minimum absolute atomic E-state index is 0.854. The molecule has 1 aliphatic carbocycles. The van der Waals surface area contributed by atoms with Crippen molar-refractivity contribution in [3.8, 4) is 0 Å². The zero-order valence-corrected chi connectivity index (χ0v) is 14.6. The monoisotopic (exact) mass is 266 g/mol. The summed E-state index contributed by atoms with van der Waals surface area (Å²) in [6.07, 6.45) is 7.31. The summed E-state index contributed by atoms with van der Waals surface area (Å²) in [5, 5.41) is 0. The second kappa shape index (κ2) is 7.70. The Morgan fingerprint density at radius 3 is 1.68 bits per heavy atom. The van der Waals surface area contributed by atoms with E-state index in [-0.39, 0.29) is 0 Å². The van der Waals surface area contributed by atoms with E-state index >= 15 is 0 Å². The van der Waals surface area contributed by atoms with Crippen molar-refractivity contribution in [2.75, 3.05) is 0 Å². The fraction of sp³-hybridized carbons (Fsp3) is 1.00. The van der Waals surface area contributed by atoms with Crippen LogP contribution in [0.1, 0.15) is 80.6 Å². The van der Waals surface area contributed by atoms with Crippen molar-refractivity contribution >= 4 is 0 Å². The Morgan fingerprint density at radius 1 is 0.737 bits per heavy atom. The van der Waals surface area contributed by atoms with Gasteiger partial charge in [0.15, 0.2) is 0 Å². The molecule has 4 unspecified atom stereocenters. The van der Waals surface area contributed by atoms with Gasteiger partial charge >= 0.3 is 0 Å². The number of rotatable bonds is 9. The highest BCUT2D eigenvalue weighted by molar-refractivity contribution is 4.85. The average molecular weight is 267 g/mol. The summed E-state index contributed by atoms with van der Waals surface area (Å²) < 4.78 is 0. The summed E-state index contributed by atoms with van der Waals surface area (Å²) in [6.45, 7) is 17.0. The van der Waals surface area contributed by atoms with Gasteiger partial charge in [-0.2, -0.15) is 0 Å². The molecule has 0 heteroatoms. The van der Waals surface area contributed by atoms with E-state index in [4.69, 9.17) is 0 Å². The van der Waals surface area contributed by atoms with Gasteiger partial charge in [-0.1, -0.05) is 48.5 Å². The van der Waals surface area contributed by atoms with Crippen LogP contribution in [-0.2, 0) is 0 Å². The lowest BCUT2D eigenvalue weighted by Gasteiger charge is -2.29. The lowest BCUT2D eigenvalue weighted by Crippen LogP contribution is -2.20. The van der Waals surface area contributed by atoms with Gasteiger partial charge in [0.2, 0.25) is 0 Å². The topological polar surface area (TPSA) is 0 Å². The van der Waals surface area contributed by atoms with Crippen molar-refractivity contribution in [3.05, 3.63) is 0 Å². The minimum atomic E-state index is 0.854. The zero-order chi connectivity index (χ0) is 14.6. The Hall–Kier alpha value is 0. The molecule has 0 heterocycles. The molecule has 1 saturated carbocycles. The molecule has 0 aromatic rings. The molecule has 0 radical (unpaired) electrons. The Balaban J connectivity index is 2.36. The normalized spacial score (nSPS) is 22.6. The lowest BCUT2D eigenvalue weighted by atomic mass is 9.76. The van der Waals surface area contributed by atoms with Crippen LogP contribution in [0, 0.1) is 41.4 Å². The molecule has 0 aromatic heterocycles. The van der Waals surface area contributed by atoms with Crippen LogP contribution in [0.2, 0.25) is 0 Å². The van der Waals surface area contributed by atoms with E-state index in [1.165, 1.54) is 32.1 Å². The summed E-state index contributed by atoms with van der Waals surface area (Å²) >= 11 is 0. The first-order valence-corrected chi connectivity index (χ1v) is 8.81. The predicted octanol–water partition coefficient (Wildman–Crippen LogP) is 6.40. The molecular formula is C19H38. The maximum absolute atomic E-state index is 2.50. The van der Waals surface area contributed by atoms with Gasteiger partial charge in [0.25, 0.3) is 0 Å². The van der Waals surface area contributed by atoms with E-state index in [1.54, 1.807) is 0 Å². The summed E-state index contributed by atoms with van der Waals surface area (Å²) in [7, 11) is 0. The second-order valence-corrected chi connectivity index (χ2v) is 8.41. The molecule has 114 valence electrons. The number of hydrogen-bond acceptors (Lipinski definition) is 0. The van der Waals surface area contributed by atoms with Gasteiger partial charge in [-0.25, -0.2) is 0 Å². The first-order chi connectivity index (χ1) is 8.81. The van der Waals surface area contributed by atoms with Crippen LogP contribution < -0.4 is 0 Å². The van der Waals surface area contributed by atoms with Gasteiger partial charge in [0, 0.05) is 0 Å². The quantitative estimate of drug-likeness (QED) is 0.453. The molecule has 19 heavy (non-hydrogen) atoms. The first kappa shape index (κ1) is 17.1. The summed E-state index contributed by atoms with van der Waals surface area (Å²) in [5.74, 6) is 6.51. The Labute approximate surface area is 122 Å². The highest BCUT2D eigenvalue weighted by atomic mass is 14.4. The molecule has 1 rings (SSSR count). The van der Waals surface area contributed by atoms with Crippen LogP contribution >= 0.6 is 0 Å². The van der Waals surface area contributed by atoms with Crippen LogP contribution in [0.5, 0.6) is 0 Å². The molecule has 0 aliphatic heterocycles. The molecule has 1 aliphatic rings. The average Bonchev–Trinajstić information content (AvgIpc) is 3.07. The van der Waals surface area contributed by atoms with Crippen LogP contribution in [0.3, 0.4) is 0 Å². The molecule has 1 fully saturated rings. The van der Waals surface area contributed by atoms with E-state index in [9.17, 15) is 0 Å². The third-order valence-corrected chi connectivity index (χ3v) is 5.35. The summed E-state index contributed by atoms with van der Waals surface area (Å²) in [4.78, 5) is 0. The minimum Gasteiger partial charge on any atom is -0.0628 e. The van der Waals surface area contributed by atoms with Crippen molar-refractivity contribution in [2.24, 2.45) is 41.4 Å². The number of hydrogen-bond donors (Lipinski definition) is 0. The van der Waals surface area contributed by atoms with Gasteiger partial charge in [0.05, 0.1) is 0 Å². The molecular weight excluding hydrogens is 228 g/mol. The molecule has 0 saturated heterocycles. The zero-order valence-electron chi connectivity index (χ0n) is 14.6. The van der Waals surface area contributed by atoms with E-state index in [1.807, 2.05) is 0 Å². The highest BCUT2D eigenvalue weighted by Crippen LogP contribution is 2.44. The maximum atomic E-state index is 2.50. The standard InChI is InChI=1S/C19H38/c1-13(2)10-15(5)11-16(6)17(7)12-19(14(3)4)18-8-9-18/h13-19H,8-12H2,1-7H3. The van der Waals surface area contributed by atoms with Crippen molar-refractivity contribution in [3.63, 3.8) is 0 Å². The van der Waals surface area contributed by atoms with Gasteiger partial charge in [-0.3, -0.25) is 0 Å². The lowest BCUT2D eigenvalue weighted by molar-refractivity contribution is 0.208. The molecule has 0 bridgehead atoms. The maximum Gasteiger partial charge on any atom is -0.0360 e. The Kier molecular flexibility index (Phi) is 6.91. The van der Waals surface area contributed by atoms with Crippen LogP contribution in [0.15, 0.2) is 0 Å². The third kappa shape index (κ3) is 6.32.